The lowest BCUT2D eigenvalue weighted by atomic mass is 9.86. The van der Waals surface area contributed by atoms with Crippen molar-refractivity contribution in [3.63, 3.8) is 0 Å². The Morgan fingerprint density at radius 2 is 1.71 bits per heavy atom. The van der Waals surface area contributed by atoms with Gasteiger partial charge in [-0.2, -0.15) is 0 Å². The SMILES string of the molecule is CC(C)(C)OC(=O)N1CCN(C(=O)c2cccc(-c3ccnc(CC4CCCCC4)c3)n2)CC1. The lowest BCUT2D eigenvalue weighted by molar-refractivity contribution is 0.0140. The maximum Gasteiger partial charge on any atom is 0.410 e. The van der Waals surface area contributed by atoms with Crippen LogP contribution in [-0.2, 0) is 11.2 Å². The van der Waals surface area contributed by atoms with Crippen LogP contribution in [0.3, 0.4) is 0 Å². The molecule has 7 heteroatoms. The smallest absolute Gasteiger partial charge is 0.410 e. The zero-order valence-corrected chi connectivity index (χ0v) is 20.6. The van der Waals surface area contributed by atoms with Gasteiger partial charge < -0.3 is 14.5 Å². The van der Waals surface area contributed by atoms with Crippen LogP contribution in [0, 0.1) is 5.92 Å². The van der Waals surface area contributed by atoms with Crippen molar-refractivity contribution in [2.24, 2.45) is 5.92 Å². The third kappa shape index (κ3) is 6.33. The van der Waals surface area contributed by atoms with E-state index < -0.39 is 5.60 Å². The number of carbonyl (C=O) groups is 2. The van der Waals surface area contributed by atoms with Crippen LogP contribution in [0.1, 0.15) is 69.1 Å². The summed E-state index contributed by atoms with van der Waals surface area (Å²) in [4.78, 5) is 38.1. The quantitative estimate of drug-likeness (QED) is 0.639. The topological polar surface area (TPSA) is 75.6 Å². The first-order valence-corrected chi connectivity index (χ1v) is 12.5. The third-order valence-corrected chi connectivity index (χ3v) is 6.52. The molecule has 3 heterocycles. The van der Waals surface area contributed by atoms with Gasteiger partial charge in [-0.05, 0) is 57.4 Å². The molecular weight excluding hydrogens is 428 g/mol. The molecule has 2 amide bonds. The monoisotopic (exact) mass is 464 g/mol. The number of nitrogens with zero attached hydrogens (tertiary/aromatic N) is 4. The zero-order valence-electron chi connectivity index (χ0n) is 20.6. The van der Waals surface area contributed by atoms with Gasteiger partial charge >= 0.3 is 6.09 Å². The molecule has 1 saturated carbocycles. The number of ether oxygens (including phenoxy) is 1. The number of piperazine rings is 1. The Labute approximate surface area is 202 Å². The van der Waals surface area contributed by atoms with Gasteiger partial charge in [-0.25, -0.2) is 9.78 Å². The predicted octanol–water partition coefficient (Wildman–Crippen LogP) is 4.96. The van der Waals surface area contributed by atoms with E-state index in [9.17, 15) is 9.59 Å². The minimum Gasteiger partial charge on any atom is -0.444 e. The molecule has 0 spiro atoms. The Hall–Kier alpha value is -2.96. The standard InChI is InChI=1S/C27H36N4O3/c1-27(2,3)34-26(33)31-16-14-30(15-17-31)25(32)24-11-7-10-23(29-24)21-12-13-28-22(19-21)18-20-8-5-4-6-9-20/h7,10-13,19-20H,4-6,8-9,14-18H2,1-3H3. The average molecular weight is 465 g/mol. The van der Waals surface area contributed by atoms with E-state index in [0.717, 1.165) is 29.3 Å². The molecule has 1 aliphatic heterocycles. The highest BCUT2D eigenvalue weighted by atomic mass is 16.6. The van der Waals surface area contributed by atoms with Gasteiger partial charge in [0.15, 0.2) is 0 Å². The number of hydrogen-bond acceptors (Lipinski definition) is 5. The molecule has 34 heavy (non-hydrogen) atoms. The van der Waals surface area contributed by atoms with Gasteiger partial charge in [0.05, 0.1) is 5.69 Å². The van der Waals surface area contributed by atoms with Gasteiger partial charge in [0, 0.05) is 43.6 Å². The van der Waals surface area contributed by atoms with Crippen LogP contribution in [0.2, 0.25) is 0 Å². The summed E-state index contributed by atoms with van der Waals surface area (Å²) in [6, 6.07) is 9.66. The first-order chi connectivity index (χ1) is 16.3. The molecule has 2 fully saturated rings. The van der Waals surface area contributed by atoms with Crippen LogP contribution >= 0.6 is 0 Å². The van der Waals surface area contributed by atoms with Crippen molar-refractivity contribution in [1.82, 2.24) is 19.8 Å². The Morgan fingerprint density at radius 3 is 2.41 bits per heavy atom. The van der Waals surface area contributed by atoms with E-state index in [1.54, 1.807) is 15.9 Å². The number of amides is 2. The molecular formula is C27H36N4O3. The van der Waals surface area contributed by atoms with E-state index in [4.69, 9.17) is 4.74 Å². The summed E-state index contributed by atoms with van der Waals surface area (Å²) in [5.41, 5.74) is 2.77. The molecule has 1 saturated heterocycles. The van der Waals surface area contributed by atoms with Crippen LogP contribution in [0.15, 0.2) is 36.5 Å². The second-order valence-corrected chi connectivity index (χ2v) is 10.4. The summed E-state index contributed by atoms with van der Waals surface area (Å²) in [7, 11) is 0. The van der Waals surface area contributed by atoms with Crippen LogP contribution < -0.4 is 0 Å². The van der Waals surface area contributed by atoms with Crippen molar-refractivity contribution in [3.8, 4) is 11.3 Å². The molecule has 2 aromatic heterocycles. The van der Waals surface area contributed by atoms with Crippen LogP contribution in [0.5, 0.6) is 0 Å². The Morgan fingerprint density at radius 1 is 1.00 bits per heavy atom. The van der Waals surface area contributed by atoms with Crippen LogP contribution in [-0.4, -0.2) is 63.5 Å². The van der Waals surface area contributed by atoms with Crippen molar-refractivity contribution < 1.29 is 14.3 Å². The highest BCUT2D eigenvalue weighted by Gasteiger charge is 2.28. The lowest BCUT2D eigenvalue weighted by Gasteiger charge is -2.35. The number of rotatable bonds is 4. The molecule has 0 bridgehead atoms. The van der Waals surface area contributed by atoms with E-state index in [1.165, 1.54) is 32.1 Å². The van der Waals surface area contributed by atoms with Crippen molar-refractivity contribution >= 4 is 12.0 Å². The van der Waals surface area contributed by atoms with E-state index in [0.29, 0.717) is 31.9 Å². The van der Waals surface area contributed by atoms with Crippen LogP contribution in [0.4, 0.5) is 4.79 Å². The zero-order chi connectivity index (χ0) is 24.1. The third-order valence-electron chi connectivity index (χ3n) is 6.52. The Kier molecular flexibility index (Phi) is 7.49. The fraction of sp³-hybridized carbons (Fsp3) is 0.556. The van der Waals surface area contributed by atoms with Crippen molar-refractivity contribution in [3.05, 3.63) is 47.9 Å². The number of hydrogen-bond donors (Lipinski definition) is 0. The minimum absolute atomic E-state index is 0.109. The van der Waals surface area contributed by atoms with E-state index in [-0.39, 0.29) is 12.0 Å². The molecule has 0 unspecified atom stereocenters. The molecule has 0 radical (unpaired) electrons. The molecule has 2 aromatic rings. The Balaban J connectivity index is 1.39. The summed E-state index contributed by atoms with van der Waals surface area (Å²) < 4.78 is 5.45. The molecule has 0 atom stereocenters. The first kappa shape index (κ1) is 24.2. The molecule has 0 aromatic carbocycles. The second-order valence-electron chi connectivity index (χ2n) is 10.4. The molecule has 0 N–H and O–H groups in total. The number of carbonyl (C=O) groups excluding carboxylic acids is 2. The van der Waals surface area contributed by atoms with Gasteiger partial charge in [0.25, 0.3) is 5.91 Å². The summed E-state index contributed by atoms with van der Waals surface area (Å²) >= 11 is 0. The fourth-order valence-corrected chi connectivity index (χ4v) is 4.73. The molecule has 4 rings (SSSR count). The summed E-state index contributed by atoms with van der Waals surface area (Å²) in [6.45, 7) is 7.39. The van der Waals surface area contributed by atoms with Gasteiger partial charge in [-0.3, -0.25) is 9.78 Å². The molecule has 2 aliphatic rings. The summed E-state index contributed by atoms with van der Waals surface area (Å²) in [6.07, 6.45) is 9.09. The van der Waals surface area contributed by atoms with Crippen LogP contribution in [0.25, 0.3) is 11.3 Å². The lowest BCUT2D eigenvalue weighted by Crippen LogP contribution is -2.51. The van der Waals surface area contributed by atoms with Gasteiger partial charge in [-0.15, -0.1) is 0 Å². The van der Waals surface area contributed by atoms with E-state index in [2.05, 4.69) is 16.0 Å². The van der Waals surface area contributed by atoms with Crippen molar-refractivity contribution in [1.29, 1.82) is 0 Å². The maximum absolute atomic E-state index is 13.1. The predicted molar refractivity (Wildman–Crippen MR) is 131 cm³/mol. The van der Waals surface area contributed by atoms with Gasteiger partial charge in [0.2, 0.25) is 0 Å². The van der Waals surface area contributed by atoms with Crippen molar-refractivity contribution in [2.45, 2.75) is 64.9 Å². The second kappa shape index (κ2) is 10.5. The number of aromatic nitrogens is 2. The minimum atomic E-state index is -0.530. The number of pyridine rings is 2. The van der Waals surface area contributed by atoms with Crippen molar-refractivity contribution in [2.75, 3.05) is 26.2 Å². The normalized spacial score (nSPS) is 17.5. The molecule has 1 aliphatic carbocycles. The van der Waals surface area contributed by atoms with E-state index >= 15 is 0 Å². The maximum atomic E-state index is 13.1. The van der Waals surface area contributed by atoms with Gasteiger partial charge in [0.1, 0.15) is 11.3 Å². The highest BCUT2D eigenvalue weighted by molar-refractivity contribution is 5.93. The molecule has 7 nitrogen and oxygen atoms in total. The largest absolute Gasteiger partial charge is 0.444 e. The average Bonchev–Trinajstić information content (AvgIpc) is 2.83. The van der Waals surface area contributed by atoms with Gasteiger partial charge in [-0.1, -0.05) is 38.2 Å². The first-order valence-electron chi connectivity index (χ1n) is 12.5. The highest BCUT2D eigenvalue weighted by Crippen LogP contribution is 2.27. The fourth-order valence-electron chi connectivity index (χ4n) is 4.73. The molecule has 182 valence electrons. The van der Waals surface area contributed by atoms with E-state index in [1.807, 2.05) is 45.2 Å². The summed E-state index contributed by atoms with van der Waals surface area (Å²) in [5.74, 6) is 0.610. The Bertz CT molecular complexity index is 1000. The summed E-state index contributed by atoms with van der Waals surface area (Å²) in [5, 5.41) is 0.